The normalized spacial score (nSPS) is 10.5. The maximum atomic E-state index is 12.4. The number of benzene rings is 2. The van der Waals surface area contributed by atoms with Gasteiger partial charge in [-0.25, -0.2) is 4.98 Å². The molecular weight excluding hydrogens is 402 g/mol. The van der Waals surface area contributed by atoms with Crippen LogP contribution in [0.4, 0.5) is 5.69 Å². The molecule has 1 aromatic heterocycles. The van der Waals surface area contributed by atoms with Gasteiger partial charge in [-0.05, 0) is 55.5 Å². The number of nitrogens with zero attached hydrogens (tertiary/aromatic N) is 2. The number of Topliss-reactive ketones (excluding diaryl/α,β-unsaturated/α-hetero) is 1. The predicted molar refractivity (Wildman–Crippen MR) is 117 cm³/mol. The van der Waals surface area contributed by atoms with Gasteiger partial charge in [0, 0.05) is 18.3 Å². The quantitative estimate of drug-likeness (QED) is 0.432. The van der Waals surface area contributed by atoms with Crippen molar-refractivity contribution in [3.63, 3.8) is 0 Å². The molecule has 2 aromatic carbocycles. The van der Waals surface area contributed by atoms with Crippen LogP contribution >= 0.6 is 11.8 Å². The Labute approximate surface area is 179 Å². The fraction of sp³-hybridized carbons (Fsp3) is 0.227. The van der Waals surface area contributed by atoms with Gasteiger partial charge in [-0.15, -0.1) is 0 Å². The number of hydrogen-bond donors (Lipinski definition) is 1. The van der Waals surface area contributed by atoms with Gasteiger partial charge in [-0.1, -0.05) is 11.8 Å². The van der Waals surface area contributed by atoms with Crippen molar-refractivity contribution in [3.8, 4) is 17.2 Å². The third-order valence-corrected chi connectivity index (χ3v) is 5.33. The molecule has 8 heteroatoms. The van der Waals surface area contributed by atoms with Crippen LogP contribution in [0.1, 0.15) is 23.1 Å². The zero-order valence-corrected chi connectivity index (χ0v) is 18.1. The first kappa shape index (κ1) is 21.4. The third kappa shape index (κ3) is 4.83. The number of thioether (sulfide) groups is 1. The van der Waals surface area contributed by atoms with Crippen molar-refractivity contribution in [3.05, 3.63) is 59.9 Å². The van der Waals surface area contributed by atoms with Gasteiger partial charge in [-0.2, -0.15) is 0 Å². The maximum Gasteiger partial charge on any atom is 0.234 e. The van der Waals surface area contributed by atoms with Gasteiger partial charge in [-0.3, -0.25) is 14.2 Å². The van der Waals surface area contributed by atoms with Gasteiger partial charge in [0.25, 0.3) is 0 Å². The van der Waals surface area contributed by atoms with Crippen LogP contribution in [0.3, 0.4) is 0 Å². The lowest BCUT2D eigenvalue weighted by molar-refractivity contribution is -0.113. The van der Waals surface area contributed by atoms with E-state index in [2.05, 4.69) is 10.3 Å². The van der Waals surface area contributed by atoms with Crippen LogP contribution in [0.25, 0.3) is 5.69 Å². The van der Waals surface area contributed by atoms with Crippen LogP contribution in [-0.4, -0.2) is 41.2 Å². The standard InChI is InChI=1S/C22H23N3O4S/c1-14-21(15(2)26)25(17-7-11-19(29-4)12-8-17)22(23-14)30-13-20(27)24-16-5-9-18(28-3)10-6-16/h5-12H,13H2,1-4H3,(H,24,27). The van der Waals surface area contributed by atoms with Crippen LogP contribution in [0.2, 0.25) is 0 Å². The zero-order chi connectivity index (χ0) is 21.7. The minimum Gasteiger partial charge on any atom is -0.497 e. The first-order valence-electron chi connectivity index (χ1n) is 9.24. The number of carbonyl (C=O) groups excluding carboxylic acids is 2. The number of rotatable bonds is 8. The number of imidazole rings is 1. The first-order valence-corrected chi connectivity index (χ1v) is 10.2. The number of aryl methyl sites for hydroxylation is 1. The Kier molecular flexibility index (Phi) is 6.79. The Morgan fingerprint density at radius 1 is 1.00 bits per heavy atom. The average molecular weight is 426 g/mol. The number of anilines is 1. The van der Waals surface area contributed by atoms with Gasteiger partial charge < -0.3 is 14.8 Å². The second-order valence-corrected chi connectivity index (χ2v) is 7.43. The largest absolute Gasteiger partial charge is 0.497 e. The molecule has 0 aliphatic heterocycles. The average Bonchev–Trinajstić information content (AvgIpc) is 3.09. The number of nitrogens with one attached hydrogen (secondary N) is 1. The molecule has 1 N–H and O–H groups in total. The van der Waals surface area contributed by atoms with E-state index in [1.165, 1.54) is 18.7 Å². The summed E-state index contributed by atoms with van der Waals surface area (Å²) >= 11 is 1.27. The van der Waals surface area contributed by atoms with E-state index in [-0.39, 0.29) is 17.4 Å². The van der Waals surface area contributed by atoms with E-state index >= 15 is 0 Å². The maximum absolute atomic E-state index is 12.4. The van der Waals surface area contributed by atoms with E-state index in [0.29, 0.717) is 28.0 Å². The van der Waals surface area contributed by atoms with Gasteiger partial charge in [0.1, 0.15) is 17.2 Å². The number of methoxy groups -OCH3 is 2. The van der Waals surface area contributed by atoms with E-state index in [9.17, 15) is 9.59 Å². The molecule has 1 heterocycles. The Morgan fingerprint density at radius 2 is 1.57 bits per heavy atom. The smallest absolute Gasteiger partial charge is 0.234 e. The van der Waals surface area contributed by atoms with E-state index in [0.717, 1.165) is 11.4 Å². The SMILES string of the molecule is COc1ccc(NC(=O)CSc2nc(C)c(C(C)=O)n2-c2ccc(OC)cc2)cc1. The molecule has 30 heavy (non-hydrogen) atoms. The highest BCUT2D eigenvalue weighted by molar-refractivity contribution is 7.99. The molecule has 0 fully saturated rings. The number of ether oxygens (including phenoxy) is 2. The van der Waals surface area contributed by atoms with Crippen molar-refractivity contribution in [2.75, 3.05) is 25.3 Å². The number of aromatic nitrogens is 2. The minimum atomic E-state index is -0.170. The van der Waals surface area contributed by atoms with E-state index in [1.807, 2.05) is 24.3 Å². The van der Waals surface area contributed by atoms with Crippen molar-refractivity contribution in [1.29, 1.82) is 0 Å². The Hall–Kier alpha value is -3.26. The second-order valence-electron chi connectivity index (χ2n) is 6.48. The summed E-state index contributed by atoms with van der Waals surface area (Å²) in [5.41, 5.74) is 2.58. The summed E-state index contributed by atoms with van der Waals surface area (Å²) in [6, 6.07) is 14.5. The number of amides is 1. The third-order valence-electron chi connectivity index (χ3n) is 4.39. The van der Waals surface area contributed by atoms with Crippen LogP contribution in [0, 0.1) is 6.92 Å². The van der Waals surface area contributed by atoms with Crippen molar-refractivity contribution in [2.45, 2.75) is 19.0 Å². The number of carbonyl (C=O) groups is 2. The van der Waals surface area contributed by atoms with Crippen LogP contribution in [0.5, 0.6) is 11.5 Å². The van der Waals surface area contributed by atoms with Crippen molar-refractivity contribution < 1.29 is 19.1 Å². The van der Waals surface area contributed by atoms with E-state index in [4.69, 9.17) is 9.47 Å². The Morgan fingerprint density at radius 3 is 2.10 bits per heavy atom. The molecule has 7 nitrogen and oxygen atoms in total. The monoisotopic (exact) mass is 425 g/mol. The molecule has 3 aromatic rings. The van der Waals surface area contributed by atoms with E-state index < -0.39 is 0 Å². The zero-order valence-electron chi connectivity index (χ0n) is 17.3. The molecule has 0 radical (unpaired) electrons. The molecule has 3 rings (SSSR count). The molecule has 0 bridgehead atoms. The van der Waals surface area contributed by atoms with Crippen molar-refractivity contribution >= 4 is 29.1 Å². The van der Waals surface area contributed by atoms with Crippen LogP contribution < -0.4 is 14.8 Å². The highest BCUT2D eigenvalue weighted by Gasteiger charge is 2.20. The lowest BCUT2D eigenvalue weighted by Crippen LogP contribution is -2.14. The van der Waals surface area contributed by atoms with Crippen molar-refractivity contribution in [2.24, 2.45) is 0 Å². The summed E-state index contributed by atoms with van der Waals surface area (Å²) < 4.78 is 12.1. The lowest BCUT2D eigenvalue weighted by Gasteiger charge is -2.11. The molecule has 0 saturated carbocycles. The summed E-state index contributed by atoms with van der Waals surface area (Å²) in [4.78, 5) is 29.2. The summed E-state index contributed by atoms with van der Waals surface area (Å²) in [5.74, 6) is 1.32. The van der Waals surface area contributed by atoms with Gasteiger partial charge in [0.05, 0.1) is 25.7 Å². The van der Waals surface area contributed by atoms with Crippen LogP contribution in [0.15, 0.2) is 53.7 Å². The molecule has 0 unspecified atom stereocenters. The molecule has 156 valence electrons. The van der Waals surface area contributed by atoms with Crippen molar-refractivity contribution in [1.82, 2.24) is 9.55 Å². The fourth-order valence-corrected chi connectivity index (χ4v) is 3.84. The molecule has 1 amide bonds. The summed E-state index contributed by atoms with van der Waals surface area (Å²) in [7, 11) is 3.19. The fourth-order valence-electron chi connectivity index (χ4n) is 2.99. The number of hydrogen-bond acceptors (Lipinski definition) is 6. The molecule has 0 aliphatic rings. The molecule has 0 aliphatic carbocycles. The minimum absolute atomic E-state index is 0.0923. The highest BCUT2D eigenvalue weighted by Crippen LogP contribution is 2.27. The summed E-state index contributed by atoms with van der Waals surface area (Å²) in [5, 5.41) is 3.42. The summed E-state index contributed by atoms with van der Waals surface area (Å²) in [6.07, 6.45) is 0. The first-order chi connectivity index (χ1) is 14.4. The predicted octanol–water partition coefficient (Wildman–Crippen LogP) is 4.13. The van der Waals surface area contributed by atoms with Gasteiger partial charge in [0.15, 0.2) is 10.9 Å². The van der Waals surface area contributed by atoms with Gasteiger partial charge >= 0.3 is 0 Å². The highest BCUT2D eigenvalue weighted by atomic mass is 32.2. The molecule has 0 spiro atoms. The summed E-state index contributed by atoms with van der Waals surface area (Å²) in [6.45, 7) is 3.30. The number of ketones is 1. The molecular formula is C22H23N3O4S. The van der Waals surface area contributed by atoms with Crippen LogP contribution in [-0.2, 0) is 4.79 Å². The van der Waals surface area contributed by atoms with E-state index in [1.54, 1.807) is 50.0 Å². The Balaban J connectivity index is 1.80. The second kappa shape index (κ2) is 9.49. The lowest BCUT2D eigenvalue weighted by atomic mass is 10.2. The molecule has 0 atom stereocenters. The Bertz CT molecular complexity index is 1040. The molecule has 0 saturated heterocycles. The van der Waals surface area contributed by atoms with Gasteiger partial charge in [0.2, 0.25) is 5.91 Å². The topological polar surface area (TPSA) is 82.5 Å².